The summed E-state index contributed by atoms with van der Waals surface area (Å²) in [5, 5.41) is 14.6. The van der Waals surface area contributed by atoms with Crippen LogP contribution in [0.4, 0.5) is 5.69 Å². The molecule has 1 unspecified atom stereocenters. The zero-order valence-electron chi connectivity index (χ0n) is 11.3. The van der Waals surface area contributed by atoms with Crippen molar-refractivity contribution < 1.29 is 14.7 Å². The summed E-state index contributed by atoms with van der Waals surface area (Å²) in [5.41, 5.74) is 1.30. The van der Waals surface area contributed by atoms with E-state index < -0.39 is 5.97 Å². The lowest BCUT2D eigenvalue weighted by Gasteiger charge is -2.13. The number of carbonyl (C=O) groups excluding carboxylic acids is 1. The number of benzene rings is 1. The zero-order chi connectivity index (χ0) is 14.3. The summed E-state index contributed by atoms with van der Waals surface area (Å²) < 4.78 is 0. The molecule has 0 aliphatic rings. The number of carboxylic acids is 1. The Morgan fingerprint density at radius 3 is 2.74 bits per heavy atom. The molecule has 19 heavy (non-hydrogen) atoms. The third kappa shape index (κ3) is 5.52. The van der Waals surface area contributed by atoms with Crippen molar-refractivity contribution in [3.05, 3.63) is 29.8 Å². The van der Waals surface area contributed by atoms with Crippen molar-refractivity contribution in [2.24, 2.45) is 5.92 Å². The van der Waals surface area contributed by atoms with Gasteiger partial charge in [0.15, 0.2) is 0 Å². The number of anilines is 1. The van der Waals surface area contributed by atoms with Gasteiger partial charge in [-0.05, 0) is 24.2 Å². The summed E-state index contributed by atoms with van der Waals surface area (Å²) in [6, 6.07) is 6.91. The molecule has 0 saturated heterocycles. The highest BCUT2D eigenvalue weighted by molar-refractivity contribution is 5.92. The highest BCUT2D eigenvalue weighted by atomic mass is 16.4. The molecule has 0 saturated carbocycles. The molecular weight excluding hydrogens is 244 g/mol. The Kier molecular flexibility index (Phi) is 6.02. The summed E-state index contributed by atoms with van der Waals surface area (Å²) >= 11 is 0. The maximum atomic E-state index is 11.9. The maximum Gasteiger partial charge on any atom is 0.307 e. The maximum absolute atomic E-state index is 11.9. The van der Waals surface area contributed by atoms with Crippen LogP contribution in [0, 0.1) is 5.92 Å². The van der Waals surface area contributed by atoms with E-state index >= 15 is 0 Å². The molecule has 0 fully saturated rings. The molecule has 0 radical (unpaired) electrons. The van der Waals surface area contributed by atoms with Gasteiger partial charge in [-0.2, -0.15) is 0 Å². The minimum atomic E-state index is -0.885. The van der Waals surface area contributed by atoms with Crippen molar-refractivity contribution in [2.45, 2.75) is 20.3 Å². The number of nitrogens with one attached hydrogen (secondary N) is 2. The van der Waals surface area contributed by atoms with Crippen LogP contribution in [0.2, 0.25) is 0 Å². The average molecular weight is 264 g/mol. The van der Waals surface area contributed by atoms with Gasteiger partial charge in [-0.3, -0.25) is 9.59 Å². The largest absolute Gasteiger partial charge is 0.481 e. The molecule has 0 aromatic heterocycles. The lowest BCUT2D eigenvalue weighted by Crippen LogP contribution is -2.30. The van der Waals surface area contributed by atoms with E-state index in [1.165, 1.54) is 0 Å². The summed E-state index contributed by atoms with van der Waals surface area (Å²) in [5.74, 6) is -1.10. The van der Waals surface area contributed by atoms with Gasteiger partial charge in [-0.15, -0.1) is 0 Å². The molecule has 1 atom stereocenters. The van der Waals surface area contributed by atoms with E-state index in [9.17, 15) is 9.59 Å². The number of carboxylic acid groups (broad SMARTS) is 1. The Hall–Kier alpha value is -1.88. The number of carbonyl (C=O) groups is 2. The van der Waals surface area contributed by atoms with Crippen molar-refractivity contribution in [3.63, 3.8) is 0 Å². The first-order chi connectivity index (χ1) is 9.02. The average Bonchev–Trinajstić information content (AvgIpc) is 2.35. The van der Waals surface area contributed by atoms with Gasteiger partial charge in [0.2, 0.25) is 5.91 Å². The third-order valence-electron chi connectivity index (χ3n) is 2.70. The van der Waals surface area contributed by atoms with Crippen LogP contribution in [0.1, 0.15) is 19.4 Å². The van der Waals surface area contributed by atoms with Crippen molar-refractivity contribution in [1.29, 1.82) is 0 Å². The number of hydrogen-bond donors (Lipinski definition) is 3. The fourth-order valence-corrected chi connectivity index (χ4v) is 1.65. The normalized spacial score (nSPS) is 11.9. The predicted octanol–water partition coefficient (Wildman–Crippen LogP) is 1.50. The van der Waals surface area contributed by atoms with Gasteiger partial charge in [-0.25, -0.2) is 0 Å². The van der Waals surface area contributed by atoms with E-state index in [-0.39, 0.29) is 18.2 Å². The van der Waals surface area contributed by atoms with E-state index in [1.807, 2.05) is 13.8 Å². The van der Waals surface area contributed by atoms with Crippen LogP contribution in [0.25, 0.3) is 0 Å². The van der Waals surface area contributed by atoms with Gasteiger partial charge in [-0.1, -0.05) is 26.0 Å². The highest BCUT2D eigenvalue weighted by Gasteiger charge is 2.12. The molecule has 0 spiro atoms. The van der Waals surface area contributed by atoms with Crippen LogP contribution >= 0.6 is 0 Å². The SMILES string of the molecule is CCNCC(C)C(=O)Nc1cccc(CC(=O)O)c1. The Morgan fingerprint density at radius 1 is 1.37 bits per heavy atom. The second-order valence-corrected chi connectivity index (χ2v) is 4.47. The second-order valence-electron chi connectivity index (χ2n) is 4.47. The topological polar surface area (TPSA) is 78.4 Å². The number of amides is 1. The van der Waals surface area contributed by atoms with Gasteiger partial charge >= 0.3 is 5.97 Å². The Labute approximate surface area is 113 Å². The molecule has 104 valence electrons. The van der Waals surface area contributed by atoms with Crippen molar-refractivity contribution in [1.82, 2.24) is 5.32 Å². The van der Waals surface area contributed by atoms with Gasteiger partial charge in [0.05, 0.1) is 6.42 Å². The van der Waals surface area contributed by atoms with E-state index in [2.05, 4.69) is 10.6 Å². The molecule has 1 aromatic rings. The summed E-state index contributed by atoms with van der Waals surface area (Å²) in [4.78, 5) is 22.5. The molecule has 1 amide bonds. The molecular formula is C14H20N2O3. The number of aliphatic carboxylic acids is 1. The van der Waals surface area contributed by atoms with Gasteiger partial charge < -0.3 is 15.7 Å². The van der Waals surface area contributed by atoms with Crippen LogP contribution in [0.3, 0.4) is 0 Å². The monoisotopic (exact) mass is 264 g/mol. The summed E-state index contributed by atoms with van der Waals surface area (Å²) in [6.45, 7) is 5.28. The minimum absolute atomic E-state index is 0.0450. The smallest absolute Gasteiger partial charge is 0.307 e. The first-order valence-corrected chi connectivity index (χ1v) is 6.35. The molecule has 3 N–H and O–H groups in total. The second kappa shape index (κ2) is 7.53. The van der Waals surface area contributed by atoms with E-state index in [1.54, 1.807) is 24.3 Å². The molecule has 5 nitrogen and oxygen atoms in total. The van der Waals surface area contributed by atoms with E-state index in [0.29, 0.717) is 17.8 Å². The Balaban J connectivity index is 2.61. The van der Waals surface area contributed by atoms with Gasteiger partial charge in [0, 0.05) is 18.2 Å². The van der Waals surface area contributed by atoms with Gasteiger partial charge in [0.25, 0.3) is 0 Å². The quantitative estimate of drug-likeness (QED) is 0.697. The van der Waals surface area contributed by atoms with Crippen molar-refractivity contribution in [3.8, 4) is 0 Å². The third-order valence-corrected chi connectivity index (χ3v) is 2.70. The Morgan fingerprint density at radius 2 is 2.11 bits per heavy atom. The minimum Gasteiger partial charge on any atom is -0.481 e. The van der Waals surface area contributed by atoms with E-state index in [0.717, 1.165) is 6.54 Å². The standard InChI is InChI=1S/C14H20N2O3/c1-3-15-9-10(2)14(19)16-12-6-4-5-11(7-12)8-13(17)18/h4-7,10,15H,3,8-9H2,1-2H3,(H,16,19)(H,17,18). The van der Waals surface area contributed by atoms with Crippen LogP contribution in [-0.2, 0) is 16.0 Å². The van der Waals surface area contributed by atoms with Crippen LogP contribution in [0.15, 0.2) is 24.3 Å². The van der Waals surface area contributed by atoms with E-state index in [4.69, 9.17) is 5.11 Å². The predicted molar refractivity (Wildman–Crippen MR) is 74.1 cm³/mol. The molecule has 0 bridgehead atoms. The Bertz CT molecular complexity index is 446. The van der Waals surface area contributed by atoms with Gasteiger partial charge in [0.1, 0.15) is 0 Å². The van der Waals surface area contributed by atoms with Crippen LogP contribution in [-0.4, -0.2) is 30.1 Å². The summed E-state index contributed by atoms with van der Waals surface area (Å²) in [6.07, 6.45) is -0.0450. The number of hydrogen-bond acceptors (Lipinski definition) is 3. The molecule has 0 heterocycles. The number of rotatable bonds is 7. The van der Waals surface area contributed by atoms with Crippen LogP contribution in [0.5, 0.6) is 0 Å². The van der Waals surface area contributed by atoms with Crippen molar-refractivity contribution in [2.75, 3.05) is 18.4 Å². The van der Waals surface area contributed by atoms with Crippen molar-refractivity contribution >= 4 is 17.6 Å². The zero-order valence-corrected chi connectivity index (χ0v) is 11.3. The van der Waals surface area contributed by atoms with Crippen LogP contribution < -0.4 is 10.6 Å². The summed E-state index contributed by atoms with van der Waals surface area (Å²) in [7, 11) is 0. The lowest BCUT2D eigenvalue weighted by atomic mass is 10.1. The molecule has 5 heteroatoms. The first-order valence-electron chi connectivity index (χ1n) is 6.35. The molecule has 1 aromatic carbocycles. The highest BCUT2D eigenvalue weighted by Crippen LogP contribution is 2.12. The fraction of sp³-hybridized carbons (Fsp3) is 0.429. The first kappa shape index (κ1) is 15.2. The molecule has 0 aliphatic carbocycles. The lowest BCUT2D eigenvalue weighted by molar-refractivity contribution is -0.136. The fourth-order valence-electron chi connectivity index (χ4n) is 1.65. The molecule has 1 rings (SSSR count). The molecule has 0 aliphatic heterocycles.